The van der Waals surface area contributed by atoms with Crippen LogP contribution >= 0.6 is 0 Å². The fourth-order valence-electron chi connectivity index (χ4n) is 1.98. The zero-order valence-corrected chi connectivity index (χ0v) is 9.36. The number of aliphatic hydroxyl groups excluding tert-OH is 1. The van der Waals surface area contributed by atoms with Gasteiger partial charge >= 0.3 is 0 Å². The largest absolute Gasteiger partial charge is 0.393 e. The molecule has 1 N–H and O–H groups in total. The van der Waals surface area contributed by atoms with Crippen molar-refractivity contribution in [2.45, 2.75) is 31.8 Å². The molecule has 1 heterocycles. The molecule has 2 atom stereocenters. The Kier molecular flexibility index (Phi) is 2.81. The lowest BCUT2D eigenvalue weighted by atomic mass is 9.87. The molecule has 2 heteroatoms. The second-order valence-electron chi connectivity index (χ2n) is 4.34. The molecule has 0 radical (unpaired) electrons. The maximum atomic E-state index is 9.36. The van der Waals surface area contributed by atoms with Crippen LogP contribution in [0.5, 0.6) is 0 Å². The first-order valence-electron chi connectivity index (χ1n) is 5.57. The van der Waals surface area contributed by atoms with Crippen molar-refractivity contribution in [1.29, 1.82) is 0 Å². The fourth-order valence-corrected chi connectivity index (χ4v) is 1.98. The van der Waals surface area contributed by atoms with E-state index >= 15 is 0 Å². The van der Waals surface area contributed by atoms with Gasteiger partial charge in [-0.1, -0.05) is 38.1 Å². The van der Waals surface area contributed by atoms with Gasteiger partial charge in [0, 0.05) is 0 Å². The number of hydrogen-bond acceptors (Lipinski definition) is 2. The SMILES string of the molecule is CCC(C)c1ccccc1[C@@]1(CO)CO1. The molecule has 1 fully saturated rings. The highest BCUT2D eigenvalue weighted by Crippen LogP contribution is 2.42. The maximum Gasteiger partial charge on any atom is 0.140 e. The average molecular weight is 206 g/mol. The summed E-state index contributed by atoms with van der Waals surface area (Å²) in [5.41, 5.74) is 2.09. The van der Waals surface area contributed by atoms with E-state index in [2.05, 4.69) is 32.0 Å². The molecular weight excluding hydrogens is 188 g/mol. The number of ether oxygens (including phenoxy) is 1. The zero-order valence-electron chi connectivity index (χ0n) is 9.36. The van der Waals surface area contributed by atoms with Crippen molar-refractivity contribution in [3.05, 3.63) is 35.4 Å². The van der Waals surface area contributed by atoms with Crippen molar-refractivity contribution in [3.63, 3.8) is 0 Å². The number of hydrogen-bond donors (Lipinski definition) is 1. The Labute approximate surface area is 90.9 Å². The summed E-state index contributed by atoms with van der Waals surface area (Å²) in [7, 11) is 0. The summed E-state index contributed by atoms with van der Waals surface area (Å²) in [6.07, 6.45) is 1.11. The third kappa shape index (κ3) is 1.80. The van der Waals surface area contributed by atoms with Crippen LogP contribution in [-0.2, 0) is 10.3 Å². The van der Waals surface area contributed by atoms with Crippen LogP contribution in [0.4, 0.5) is 0 Å². The highest BCUT2D eigenvalue weighted by Gasteiger charge is 2.47. The second kappa shape index (κ2) is 3.95. The fraction of sp³-hybridized carbons (Fsp3) is 0.538. The first-order chi connectivity index (χ1) is 7.23. The summed E-state index contributed by atoms with van der Waals surface area (Å²) in [6, 6.07) is 8.28. The van der Waals surface area contributed by atoms with Crippen molar-refractivity contribution in [2.75, 3.05) is 13.2 Å². The standard InChI is InChI=1S/C13H18O2/c1-3-10(2)11-6-4-5-7-12(11)13(8-14)9-15-13/h4-7,10,14H,3,8-9H2,1-2H3/t10?,13-/m1/s1. The Morgan fingerprint density at radius 1 is 1.47 bits per heavy atom. The van der Waals surface area contributed by atoms with Crippen molar-refractivity contribution in [2.24, 2.45) is 0 Å². The lowest BCUT2D eigenvalue weighted by molar-refractivity contribution is 0.171. The van der Waals surface area contributed by atoms with Gasteiger partial charge in [0.25, 0.3) is 0 Å². The van der Waals surface area contributed by atoms with Crippen LogP contribution in [0.15, 0.2) is 24.3 Å². The summed E-state index contributed by atoms with van der Waals surface area (Å²) in [4.78, 5) is 0. The van der Waals surface area contributed by atoms with Crippen LogP contribution in [-0.4, -0.2) is 18.3 Å². The van der Waals surface area contributed by atoms with Crippen LogP contribution < -0.4 is 0 Å². The second-order valence-corrected chi connectivity index (χ2v) is 4.34. The quantitative estimate of drug-likeness (QED) is 0.767. The predicted octanol–water partition coefficient (Wildman–Crippen LogP) is 2.42. The normalized spacial score (nSPS) is 26.3. The molecule has 82 valence electrons. The molecule has 0 aliphatic carbocycles. The van der Waals surface area contributed by atoms with E-state index < -0.39 is 0 Å². The van der Waals surface area contributed by atoms with Gasteiger partial charge in [-0.05, 0) is 23.5 Å². The van der Waals surface area contributed by atoms with Crippen LogP contribution in [0.1, 0.15) is 37.3 Å². The minimum Gasteiger partial charge on any atom is -0.393 e. The van der Waals surface area contributed by atoms with Gasteiger partial charge in [0.05, 0.1) is 13.2 Å². The van der Waals surface area contributed by atoms with Crippen molar-refractivity contribution in [3.8, 4) is 0 Å². The molecule has 0 saturated carbocycles. The lowest BCUT2D eigenvalue weighted by Crippen LogP contribution is -2.17. The molecule has 0 spiro atoms. The highest BCUT2D eigenvalue weighted by atomic mass is 16.6. The Bertz CT molecular complexity index is 342. The topological polar surface area (TPSA) is 32.8 Å². The minimum atomic E-state index is -0.389. The molecule has 1 unspecified atom stereocenters. The molecule has 2 rings (SSSR count). The Hall–Kier alpha value is -0.860. The number of rotatable bonds is 4. The van der Waals surface area contributed by atoms with Gasteiger partial charge < -0.3 is 9.84 Å². The van der Waals surface area contributed by atoms with Crippen molar-refractivity contribution < 1.29 is 9.84 Å². The van der Waals surface area contributed by atoms with Gasteiger partial charge in [0.2, 0.25) is 0 Å². The molecule has 1 aromatic rings. The zero-order chi connectivity index (χ0) is 10.9. The monoisotopic (exact) mass is 206 g/mol. The first kappa shape index (κ1) is 10.7. The first-order valence-corrected chi connectivity index (χ1v) is 5.57. The average Bonchev–Trinajstić information content (AvgIpc) is 3.09. The van der Waals surface area contributed by atoms with Gasteiger partial charge in [0.15, 0.2) is 0 Å². The summed E-state index contributed by atoms with van der Waals surface area (Å²) in [5, 5.41) is 9.36. The minimum absolute atomic E-state index is 0.0838. The van der Waals surface area contributed by atoms with Gasteiger partial charge in [0.1, 0.15) is 5.60 Å². The van der Waals surface area contributed by atoms with Crippen molar-refractivity contribution >= 4 is 0 Å². The maximum absolute atomic E-state index is 9.36. The number of benzene rings is 1. The summed E-state index contributed by atoms with van der Waals surface area (Å²) in [5.74, 6) is 0.522. The molecule has 1 saturated heterocycles. The van der Waals surface area contributed by atoms with E-state index in [0.717, 1.165) is 6.42 Å². The van der Waals surface area contributed by atoms with Gasteiger partial charge in [-0.3, -0.25) is 0 Å². The third-order valence-corrected chi connectivity index (χ3v) is 3.34. The number of aliphatic hydroxyl groups is 1. The van der Waals surface area contributed by atoms with E-state index in [4.69, 9.17) is 4.74 Å². The number of epoxide rings is 1. The summed E-state index contributed by atoms with van der Waals surface area (Å²) < 4.78 is 5.42. The van der Waals surface area contributed by atoms with E-state index in [9.17, 15) is 5.11 Å². The summed E-state index contributed by atoms with van der Waals surface area (Å²) >= 11 is 0. The molecule has 1 aliphatic heterocycles. The summed E-state index contributed by atoms with van der Waals surface area (Å²) in [6.45, 7) is 5.13. The van der Waals surface area contributed by atoms with E-state index in [1.54, 1.807) is 0 Å². The van der Waals surface area contributed by atoms with Gasteiger partial charge in [-0.15, -0.1) is 0 Å². The molecular formula is C13H18O2. The van der Waals surface area contributed by atoms with Crippen LogP contribution in [0.2, 0.25) is 0 Å². The molecule has 0 amide bonds. The molecule has 2 nitrogen and oxygen atoms in total. The molecule has 1 aliphatic rings. The molecule has 0 bridgehead atoms. The highest BCUT2D eigenvalue weighted by molar-refractivity contribution is 5.37. The smallest absolute Gasteiger partial charge is 0.140 e. The van der Waals surface area contributed by atoms with Gasteiger partial charge in [-0.25, -0.2) is 0 Å². The Balaban J connectivity index is 2.38. The molecule has 1 aromatic carbocycles. The van der Waals surface area contributed by atoms with Crippen molar-refractivity contribution in [1.82, 2.24) is 0 Å². The Morgan fingerprint density at radius 2 is 2.13 bits per heavy atom. The lowest BCUT2D eigenvalue weighted by Gasteiger charge is -2.18. The van der Waals surface area contributed by atoms with E-state index in [-0.39, 0.29) is 12.2 Å². The molecule has 0 aromatic heterocycles. The predicted molar refractivity (Wildman–Crippen MR) is 59.9 cm³/mol. The van der Waals surface area contributed by atoms with E-state index in [1.807, 2.05) is 6.07 Å². The van der Waals surface area contributed by atoms with E-state index in [1.165, 1.54) is 11.1 Å². The Morgan fingerprint density at radius 3 is 2.67 bits per heavy atom. The van der Waals surface area contributed by atoms with Crippen LogP contribution in [0.3, 0.4) is 0 Å². The third-order valence-electron chi connectivity index (χ3n) is 3.34. The molecule has 15 heavy (non-hydrogen) atoms. The van der Waals surface area contributed by atoms with Gasteiger partial charge in [-0.2, -0.15) is 0 Å². The van der Waals surface area contributed by atoms with E-state index in [0.29, 0.717) is 12.5 Å². The van der Waals surface area contributed by atoms with Crippen LogP contribution in [0.25, 0.3) is 0 Å². The van der Waals surface area contributed by atoms with Crippen LogP contribution in [0, 0.1) is 0 Å².